The molecular formula is C22H29NaO4S. The monoisotopic (exact) mass is 412 g/mol. The third-order valence-electron chi connectivity index (χ3n) is 4.59. The van der Waals surface area contributed by atoms with Gasteiger partial charge in [-0.1, -0.05) is 76.1 Å². The molecular weight excluding hydrogens is 383 g/mol. The van der Waals surface area contributed by atoms with Crippen LogP contribution in [0.25, 0.3) is 0 Å². The minimum absolute atomic E-state index is 0. The Kier molecular flexibility index (Phi) is 12.0. The maximum absolute atomic E-state index is 11.2. The van der Waals surface area contributed by atoms with Crippen LogP contribution in [0, 0.1) is 0 Å². The summed E-state index contributed by atoms with van der Waals surface area (Å²) in [4.78, 5) is -0.277. The van der Waals surface area contributed by atoms with Gasteiger partial charge in [0.25, 0.3) is 0 Å². The molecule has 0 saturated carbocycles. The van der Waals surface area contributed by atoms with Gasteiger partial charge in [0.05, 0.1) is 4.90 Å². The molecule has 2 aromatic rings. The average Bonchev–Trinajstić information content (AvgIpc) is 2.65. The number of benzene rings is 2. The summed E-state index contributed by atoms with van der Waals surface area (Å²) >= 11 is 0. The molecule has 0 aliphatic rings. The van der Waals surface area contributed by atoms with E-state index in [0.29, 0.717) is 11.5 Å². The van der Waals surface area contributed by atoms with Crippen LogP contribution in [-0.4, -0.2) is 13.0 Å². The van der Waals surface area contributed by atoms with Gasteiger partial charge < -0.3 is 9.29 Å². The van der Waals surface area contributed by atoms with Gasteiger partial charge in [0, 0.05) is 0 Å². The Morgan fingerprint density at radius 1 is 0.857 bits per heavy atom. The third kappa shape index (κ3) is 9.10. The van der Waals surface area contributed by atoms with Gasteiger partial charge in [0.2, 0.25) is 0 Å². The minimum atomic E-state index is -4.49. The first-order valence-electron chi connectivity index (χ1n) is 9.82. The molecule has 0 atom stereocenters. The molecule has 0 aromatic heterocycles. The Bertz CT molecular complexity index is 806. The summed E-state index contributed by atoms with van der Waals surface area (Å²) < 4.78 is 39.4. The summed E-state index contributed by atoms with van der Waals surface area (Å²) in [5.41, 5.74) is 1.10. The normalized spacial score (nSPS) is 11.1. The fourth-order valence-electron chi connectivity index (χ4n) is 3.08. The van der Waals surface area contributed by atoms with Gasteiger partial charge in [-0.2, -0.15) is 0 Å². The van der Waals surface area contributed by atoms with Crippen molar-refractivity contribution in [1.82, 2.24) is 0 Å². The zero-order valence-corrected chi connectivity index (χ0v) is 19.8. The number of rotatable bonds is 12. The van der Waals surface area contributed by atoms with E-state index in [4.69, 9.17) is 4.74 Å². The Morgan fingerprint density at radius 2 is 1.50 bits per heavy atom. The van der Waals surface area contributed by atoms with Crippen LogP contribution in [0.15, 0.2) is 53.4 Å². The Labute approximate surface area is 191 Å². The maximum atomic E-state index is 11.2. The summed E-state index contributed by atoms with van der Waals surface area (Å²) in [7, 11) is -4.49. The fourth-order valence-corrected chi connectivity index (χ4v) is 3.59. The van der Waals surface area contributed by atoms with Gasteiger partial charge in [-0.3, -0.25) is 0 Å². The van der Waals surface area contributed by atoms with Crippen LogP contribution < -0.4 is 34.3 Å². The number of unbranched alkanes of at least 4 members (excludes halogenated alkanes) is 7. The number of hydrogen-bond acceptors (Lipinski definition) is 4. The molecule has 0 fully saturated rings. The van der Waals surface area contributed by atoms with Crippen molar-refractivity contribution in [3.63, 3.8) is 0 Å². The van der Waals surface area contributed by atoms with Gasteiger partial charge >= 0.3 is 29.6 Å². The van der Waals surface area contributed by atoms with Gasteiger partial charge in [-0.25, -0.2) is 8.42 Å². The topological polar surface area (TPSA) is 66.4 Å². The number of hydrogen-bond donors (Lipinski definition) is 0. The van der Waals surface area contributed by atoms with E-state index in [9.17, 15) is 13.0 Å². The van der Waals surface area contributed by atoms with E-state index in [1.807, 2.05) is 24.3 Å². The van der Waals surface area contributed by atoms with Crippen LogP contribution in [0.1, 0.15) is 63.9 Å². The summed E-state index contributed by atoms with van der Waals surface area (Å²) in [6.07, 6.45) is 11.1. The second-order valence-electron chi connectivity index (χ2n) is 6.86. The molecule has 0 amide bonds. The van der Waals surface area contributed by atoms with Crippen molar-refractivity contribution in [2.75, 3.05) is 0 Å². The largest absolute Gasteiger partial charge is 1.00 e. The molecule has 28 heavy (non-hydrogen) atoms. The molecule has 0 N–H and O–H groups in total. The Hall–Kier alpha value is -0.850. The summed E-state index contributed by atoms with van der Waals surface area (Å²) in [5, 5.41) is 0. The van der Waals surface area contributed by atoms with Crippen LogP contribution in [0.2, 0.25) is 0 Å². The van der Waals surface area contributed by atoms with Crippen LogP contribution in [0.3, 0.4) is 0 Å². The van der Waals surface area contributed by atoms with Crippen molar-refractivity contribution >= 4 is 10.1 Å². The van der Waals surface area contributed by atoms with E-state index >= 15 is 0 Å². The van der Waals surface area contributed by atoms with Gasteiger partial charge in [-0.15, -0.1) is 0 Å². The number of ether oxygens (including phenoxy) is 1. The van der Waals surface area contributed by atoms with Gasteiger partial charge in [0.15, 0.2) is 0 Å². The van der Waals surface area contributed by atoms with Crippen molar-refractivity contribution in [3.8, 4) is 11.5 Å². The SMILES string of the molecule is CCCCCCCCCCc1ccccc1Oc1cccc(S(=O)(=O)[O-])c1.[Na+]. The van der Waals surface area contributed by atoms with Crippen molar-refractivity contribution in [1.29, 1.82) is 0 Å². The van der Waals surface area contributed by atoms with Crippen molar-refractivity contribution in [2.24, 2.45) is 0 Å². The van der Waals surface area contributed by atoms with Crippen LogP contribution in [0.4, 0.5) is 0 Å². The minimum Gasteiger partial charge on any atom is -0.744 e. The molecule has 0 heterocycles. The maximum Gasteiger partial charge on any atom is 1.00 e. The molecule has 0 spiro atoms. The van der Waals surface area contributed by atoms with E-state index in [1.54, 1.807) is 6.07 Å². The standard InChI is InChI=1S/C22H30O4S.Na/c1-2-3-4-5-6-7-8-9-13-19-14-10-11-17-22(19)26-20-15-12-16-21(18-20)27(23,24)25;/h10-12,14-18H,2-9,13H2,1H3,(H,23,24,25);/q;+1/p-1. The van der Waals surface area contributed by atoms with Crippen LogP contribution in [-0.2, 0) is 16.5 Å². The second-order valence-corrected chi connectivity index (χ2v) is 8.24. The molecule has 0 radical (unpaired) electrons. The first-order valence-corrected chi connectivity index (χ1v) is 11.2. The van der Waals surface area contributed by atoms with E-state index in [0.717, 1.165) is 18.4 Å². The van der Waals surface area contributed by atoms with E-state index in [1.165, 1.54) is 63.1 Å². The smallest absolute Gasteiger partial charge is 0.744 e. The van der Waals surface area contributed by atoms with Crippen molar-refractivity contribution < 1.29 is 47.3 Å². The van der Waals surface area contributed by atoms with Crippen molar-refractivity contribution in [2.45, 2.75) is 69.6 Å². The quantitative estimate of drug-likeness (QED) is 0.305. The number of aryl methyl sites for hydroxylation is 1. The van der Waals surface area contributed by atoms with Gasteiger partial charge in [0.1, 0.15) is 21.6 Å². The Morgan fingerprint density at radius 3 is 2.18 bits per heavy atom. The molecule has 0 bridgehead atoms. The zero-order chi connectivity index (χ0) is 19.5. The fraction of sp³-hybridized carbons (Fsp3) is 0.455. The number of para-hydroxylation sites is 1. The molecule has 148 valence electrons. The average molecular weight is 413 g/mol. The Balaban J connectivity index is 0.00000392. The van der Waals surface area contributed by atoms with E-state index in [2.05, 4.69) is 6.92 Å². The van der Waals surface area contributed by atoms with Crippen LogP contribution in [0.5, 0.6) is 11.5 Å². The molecule has 0 aliphatic heterocycles. The molecule has 2 rings (SSSR count). The first kappa shape index (κ1) is 25.2. The third-order valence-corrected chi connectivity index (χ3v) is 5.43. The van der Waals surface area contributed by atoms with E-state index in [-0.39, 0.29) is 34.5 Å². The van der Waals surface area contributed by atoms with Crippen molar-refractivity contribution in [3.05, 3.63) is 54.1 Å². The molecule has 4 nitrogen and oxygen atoms in total. The zero-order valence-electron chi connectivity index (χ0n) is 17.0. The van der Waals surface area contributed by atoms with Crippen LogP contribution >= 0.6 is 0 Å². The predicted molar refractivity (Wildman–Crippen MR) is 107 cm³/mol. The second kappa shape index (κ2) is 13.4. The molecule has 0 saturated heterocycles. The molecule has 6 heteroatoms. The summed E-state index contributed by atoms with van der Waals surface area (Å²) in [6, 6.07) is 13.5. The van der Waals surface area contributed by atoms with Gasteiger partial charge in [-0.05, 0) is 42.7 Å². The molecule has 0 unspecified atom stereocenters. The van der Waals surface area contributed by atoms with E-state index < -0.39 is 10.1 Å². The molecule has 0 aliphatic carbocycles. The molecule has 2 aromatic carbocycles. The summed E-state index contributed by atoms with van der Waals surface area (Å²) in [5.74, 6) is 1.07. The first-order chi connectivity index (χ1) is 13.0. The predicted octanol–water partition coefficient (Wildman–Crippen LogP) is 3.07. The summed E-state index contributed by atoms with van der Waals surface area (Å²) in [6.45, 7) is 2.23.